The molecule has 2 aliphatic heterocycles. The number of aromatic nitrogens is 2. The standard InChI is InChI=1S/C23H19N3O4/c1-29-17-5-4-14-6-8-26(12-16(14)9-17)23-19(13-27)21(28)20(30-23)10-15-11-25-22-18(15)3-2-7-24-22/h2-5,7,9-11,13H,6,8,12H2,1H3,(H,24,25)/b20-10-. The molecule has 4 heterocycles. The number of carbonyl (C=O) groups excluding carboxylic acids is 2. The van der Waals surface area contributed by atoms with Crippen LogP contribution in [0.3, 0.4) is 0 Å². The number of nitrogens with one attached hydrogen (secondary N) is 1. The van der Waals surface area contributed by atoms with Gasteiger partial charge >= 0.3 is 0 Å². The highest BCUT2D eigenvalue weighted by molar-refractivity contribution is 6.22. The summed E-state index contributed by atoms with van der Waals surface area (Å²) in [5, 5.41) is 0.876. The Balaban J connectivity index is 1.46. The van der Waals surface area contributed by atoms with E-state index in [1.54, 1.807) is 25.6 Å². The van der Waals surface area contributed by atoms with E-state index in [4.69, 9.17) is 9.47 Å². The maximum Gasteiger partial charge on any atom is 0.236 e. The largest absolute Gasteiger partial charge is 0.497 e. The lowest BCUT2D eigenvalue weighted by atomic mass is 9.99. The number of carbonyl (C=O) groups is 2. The summed E-state index contributed by atoms with van der Waals surface area (Å²) in [5.74, 6) is 0.813. The number of ether oxygens (including phenoxy) is 2. The summed E-state index contributed by atoms with van der Waals surface area (Å²) >= 11 is 0. The number of nitrogens with zero attached hydrogens (tertiary/aromatic N) is 2. The second-order valence-corrected chi connectivity index (χ2v) is 7.23. The molecule has 0 atom stereocenters. The Morgan fingerprint density at radius 2 is 2.17 bits per heavy atom. The van der Waals surface area contributed by atoms with Gasteiger partial charge in [0.25, 0.3) is 0 Å². The van der Waals surface area contributed by atoms with Crippen molar-refractivity contribution in [3.05, 3.63) is 76.6 Å². The van der Waals surface area contributed by atoms with Gasteiger partial charge in [-0.1, -0.05) is 6.07 Å². The minimum atomic E-state index is -0.408. The van der Waals surface area contributed by atoms with Crippen molar-refractivity contribution < 1.29 is 19.1 Å². The molecule has 1 N–H and O–H groups in total. The molecule has 5 rings (SSSR count). The summed E-state index contributed by atoms with van der Waals surface area (Å²) in [6.07, 6.45) is 6.49. The van der Waals surface area contributed by atoms with Crippen molar-refractivity contribution in [1.82, 2.24) is 14.9 Å². The first kappa shape index (κ1) is 18.2. The van der Waals surface area contributed by atoms with Gasteiger partial charge in [-0.05, 0) is 47.9 Å². The summed E-state index contributed by atoms with van der Waals surface area (Å²) < 4.78 is 11.3. The van der Waals surface area contributed by atoms with Gasteiger partial charge in [-0.15, -0.1) is 0 Å². The van der Waals surface area contributed by atoms with Crippen molar-refractivity contribution in [3.63, 3.8) is 0 Å². The van der Waals surface area contributed by atoms with Crippen LogP contribution in [0.1, 0.15) is 16.7 Å². The third-order valence-corrected chi connectivity index (χ3v) is 5.51. The number of Topliss-reactive ketones (excluding diaryl/α,β-unsaturated/α-hetero) is 1. The minimum absolute atomic E-state index is 0.0468. The quantitative estimate of drug-likeness (QED) is 0.411. The lowest BCUT2D eigenvalue weighted by molar-refractivity contribution is -0.115. The SMILES string of the molecule is COc1ccc2c(c1)CN(C1=C(C=O)C(=O)/C(=C/c3c[nH]c4ncccc34)O1)CC2. The van der Waals surface area contributed by atoms with Gasteiger partial charge in [0, 0.05) is 36.4 Å². The zero-order valence-corrected chi connectivity index (χ0v) is 16.3. The number of aldehydes is 1. The third kappa shape index (κ3) is 2.95. The number of methoxy groups -OCH3 is 1. The Hall–Kier alpha value is -3.87. The number of aromatic amines is 1. The number of fused-ring (bicyclic) bond motifs is 2. The molecular weight excluding hydrogens is 382 g/mol. The normalized spacial score (nSPS) is 17.4. The van der Waals surface area contributed by atoms with Gasteiger partial charge in [-0.25, -0.2) is 4.98 Å². The molecule has 0 spiro atoms. The van der Waals surface area contributed by atoms with Crippen molar-refractivity contribution >= 4 is 29.2 Å². The Morgan fingerprint density at radius 1 is 1.27 bits per heavy atom. The first-order valence-corrected chi connectivity index (χ1v) is 9.64. The molecule has 0 fully saturated rings. The highest BCUT2D eigenvalue weighted by atomic mass is 16.5. The van der Waals surface area contributed by atoms with Gasteiger partial charge in [0.05, 0.1) is 7.11 Å². The van der Waals surface area contributed by atoms with Crippen LogP contribution >= 0.6 is 0 Å². The molecule has 2 aromatic heterocycles. The van der Waals surface area contributed by atoms with Gasteiger partial charge in [0.15, 0.2) is 12.0 Å². The Kier molecular flexibility index (Phi) is 4.35. The molecule has 30 heavy (non-hydrogen) atoms. The van der Waals surface area contributed by atoms with Crippen LogP contribution in [0.15, 0.2) is 59.9 Å². The molecule has 0 radical (unpaired) electrons. The van der Waals surface area contributed by atoms with Crippen LogP contribution in [-0.2, 0) is 27.3 Å². The van der Waals surface area contributed by atoms with Crippen LogP contribution in [0.25, 0.3) is 17.1 Å². The smallest absolute Gasteiger partial charge is 0.236 e. The van der Waals surface area contributed by atoms with E-state index in [1.807, 2.05) is 29.2 Å². The van der Waals surface area contributed by atoms with Gasteiger partial charge in [0.1, 0.15) is 17.0 Å². The lowest BCUT2D eigenvalue weighted by Gasteiger charge is -2.30. The fourth-order valence-electron chi connectivity index (χ4n) is 3.94. The predicted octanol–water partition coefficient (Wildman–Crippen LogP) is 2.98. The lowest BCUT2D eigenvalue weighted by Crippen LogP contribution is -2.30. The molecule has 0 amide bonds. The summed E-state index contributed by atoms with van der Waals surface area (Å²) in [4.78, 5) is 33.8. The van der Waals surface area contributed by atoms with E-state index < -0.39 is 5.78 Å². The number of pyridine rings is 1. The van der Waals surface area contributed by atoms with E-state index in [9.17, 15) is 9.59 Å². The zero-order valence-electron chi connectivity index (χ0n) is 16.3. The van der Waals surface area contributed by atoms with Gasteiger partial charge in [-0.2, -0.15) is 0 Å². The molecule has 1 aromatic carbocycles. The average Bonchev–Trinajstić information content (AvgIpc) is 3.34. The number of allylic oxidation sites excluding steroid dienone is 1. The second kappa shape index (κ2) is 7.18. The summed E-state index contributed by atoms with van der Waals surface area (Å²) in [5.41, 5.74) is 3.87. The minimum Gasteiger partial charge on any atom is -0.497 e. The summed E-state index contributed by atoms with van der Waals surface area (Å²) in [6, 6.07) is 9.72. The van der Waals surface area contributed by atoms with E-state index in [1.165, 1.54) is 5.56 Å². The second-order valence-electron chi connectivity index (χ2n) is 7.23. The monoisotopic (exact) mass is 401 g/mol. The number of rotatable bonds is 4. The maximum atomic E-state index is 12.8. The molecule has 2 aliphatic rings. The van der Waals surface area contributed by atoms with Crippen molar-refractivity contribution in [1.29, 1.82) is 0 Å². The zero-order chi connectivity index (χ0) is 20.7. The summed E-state index contributed by atoms with van der Waals surface area (Å²) in [7, 11) is 1.63. The molecular formula is C23H19N3O4. The molecule has 7 heteroatoms. The first-order chi connectivity index (χ1) is 14.7. The molecule has 0 aliphatic carbocycles. The number of hydrogen-bond donors (Lipinski definition) is 1. The third-order valence-electron chi connectivity index (χ3n) is 5.51. The van der Waals surface area contributed by atoms with Crippen LogP contribution in [0.2, 0.25) is 0 Å². The van der Waals surface area contributed by atoms with Crippen molar-refractivity contribution in [2.75, 3.05) is 13.7 Å². The van der Waals surface area contributed by atoms with Crippen molar-refractivity contribution in [2.24, 2.45) is 0 Å². The molecule has 0 saturated heterocycles. The molecule has 0 unspecified atom stereocenters. The van der Waals surface area contributed by atoms with Crippen LogP contribution in [0.5, 0.6) is 5.75 Å². The molecule has 150 valence electrons. The van der Waals surface area contributed by atoms with Crippen LogP contribution < -0.4 is 4.74 Å². The van der Waals surface area contributed by atoms with E-state index in [-0.39, 0.29) is 11.3 Å². The van der Waals surface area contributed by atoms with E-state index in [0.29, 0.717) is 25.3 Å². The van der Waals surface area contributed by atoms with Gasteiger partial charge in [0.2, 0.25) is 11.7 Å². The topological polar surface area (TPSA) is 84.5 Å². The van der Waals surface area contributed by atoms with Gasteiger partial charge in [-0.3, -0.25) is 9.59 Å². The number of H-pyrrole nitrogens is 1. The van der Waals surface area contributed by atoms with Gasteiger partial charge < -0.3 is 19.4 Å². The van der Waals surface area contributed by atoms with Crippen molar-refractivity contribution in [2.45, 2.75) is 13.0 Å². The predicted molar refractivity (Wildman–Crippen MR) is 110 cm³/mol. The van der Waals surface area contributed by atoms with Crippen LogP contribution in [0.4, 0.5) is 0 Å². The Morgan fingerprint density at radius 3 is 3.00 bits per heavy atom. The molecule has 7 nitrogen and oxygen atoms in total. The average molecular weight is 401 g/mol. The van der Waals surface area contributed by atoms with E-state index >= 15 is 0 Å². The molecule has 0 saturated carbocycles. The van der Waals surface area contributed by atoms with Crippen LogP contribution in [-0.4, -0.2) is 40.6 Å². The highest BCUT2D eigenvalue weighted by Gasteiger charge is 2.35. The Bertz CT molecular complexity index is 1240. The Labute approximate surface area is 172 Å². The van der Waals surface area contributed by atoms with E-state index in [0.717, 1.165) is 34.3 Å². The van der Waals surface area contributed by atoms with Crippen molar-refractivity contribution in [3.8, 4) is 5.75 Å². The number of hydrogen-bond acceptors (Lipinski definition) is 6. The molecule has 0 bridgehead atoms. The molecule has 3 aromatic rings. The number of benzene rings is 1. The fraction of sp³-hybridized carbons (Fsp3) is 0.174. The van der Waals surface area contributed by atoms with Crippen LogP contribution in [0, 0.1) is 0 Å². The summed E-state index contributed by atoms with van der Waals surface area (Å²) in [6.45, 7) is 1.19. The van der Waals surface area contributed by atoms with E-state index in [2.05, 4.69) is 16.0 Å². The highest BCUT2D eigenvalue weighted by Crippen LogP contribution is 2.33. The first-order valence-electron chi connectivity index (χ1n) is 9.64. The fourth-order valence-corrected chi connectivity index (χ4v) is 3.94. The maximum absolute atomic E-state index is 12.8. The number of ketones is 1.